The lowest BCUT2D eigenvalue weighted by atomic mass is 10.0. The summed E-state index contributed by atoms with van der Waals surface area (Å²) in [4.78, 5) is 23.7. The number of hydrogen-bond acceptors (Lipinski definition) is 5. The van der Waals surface area contributed by atoms with Crippen molar-refractivity contribution in [2.24, 2.45) is 0 Å². The first kappa shape index (κ1) is 19.9. The van der Waals surface area contributed by atoms with Gasteiger partial charge in [0.05, 0.1) is 0 Å². The van der Waals surface area contributed by atoms with Crippen molar-refractivity contribution < 1.29 is 9.53 Å². The van der Waals surface area contributed by atoms with Gasteiger partial charge in [-0.25, -0.2) is 4.98 Å². The molecule has 3 aromatic rings. The summed E-state index contributed by atoms with van der Waals surface area (Å²) in [6.07, 6.45) is 1.81. The molecule has 0 saturated carbocycles. The van der Waals surface area contributed by atoms with Crippen LogP contribution < -0.4 is 15.0 Å². The smallest absolute Gasteiger partial charge is 0.262 e. The molecule has 0 saturated heterocycles. The largest absolute Gasteiger partial charge is 0.467 e. The zero-order valence-electron chi connectivity index (χ0n) is 17.4. The molecule has 154 valence electrons. The number of aryl methyl sites for hydroxylation is 2. The molecule has 0 unspecified atom stereocenters. The number of para-hydroxylation sites is 1. The van der Waals surface area contributed by atoms with Gasteiger partial charge in [0, 0.05) is 30.5 Å². The number of fused-ring (bicyclic) bond motifs is 1. The fourth-order valence-electron chi connectivity index (χ4n) is 3.68. The summed E-state index contributed by atoms with van der Waals surface area (Å²) in [7, 11) is 0. The summed E-state index contributed by atoms with van der Waals surface area (Å²) < 4.78 is 5.71. The maximum Gasteiger partial charge on any atom is 0.262 e. The Labute approximate surface area is 176 Å². The molecule has 30 heavy (non-hydrogen) atoms. The van der Waals surface area contributed by atoms with Crippen LogP contribution in [-0.2, 0) is 24.2 Å². The van der Waals surface area contributed by atoms with E-state index in [0.29, 0.717) is 11.8 Å². The van der Waals surface area contributed by atoms with E-state index >= 15 is 0 Å². The first-order chi connectivity index (χ1) is 14.6. The molecular weight excluding hydrogens is 376 g/mol. The molecule has 6 heteroatoms. The first-order valence-electron chi connectivity index (χ1n) is 10.3. The minimum Gasteiger partial charge on any atom is -0.467 e. The Kier molecular flexibility index (Phi) is 5.93. The standard InChI is InChI=1S/C24H26N4O2/c1-3-18-8-6-7-11-21(18)26-22(29)16-30-23-14-17(2)25-24(27-23)28-13-12-19-9-4-5-10-20(19)15-28/h4-11,14H,3,12-13,15-16H2,1-2H3,(H,26,29). The van der Waals surface area contributed by atoms with Gasteiger partial charge in [-0.2, -0.15) is 4.98 Å². The molecule has 4 rings (SSSR count). The van der Waals surface area contributed by atoms with Crippen LogP contribution in [-0.4, -0.2) is 29.0 Å². The van der Waals surface area contributed by atoms with Crippen molar-refractivity contribution in [2.45, 2.75) is 33.2 Å². The molecule has 0 fully saturated rings. The maximum atomic E-state index is 12.4. The summed E-state index contributed by atoms with van der Waals surface area (Å²) in [6.45, 7) is 5.50. The molecule has 0 atom stereocenters. The topological polar surface area (TPSA) is 67.3 Å². The van der Waals surface area contributed by atoms with E-state index in [1.54, 1.807) is 6.07 Å². The Bertz CT molecular complexity index is 1050. The predicted molar refractivity (Wildman–Crippen MR) is 118 cm³/mol. The molecule has 2 heterocycles. The van der Waals surface area contributed by atoms with E-state index in [1.807, 2.05) is 31.2 Å². The molecule has 1 aliphatic rings. The fourth-order valence-corrected chi connectivity index (χ4v) is 3.68. The van der Waals surface area contributed by atoms with E-state index in [0.717, 1.165) is 42.9 Å². The van der Waals surface area contributed by atoms with Gasteiger partial charge < -0.3 is 15.0 Å². The lowest BCUT2D eigenvalue weighted by molar-refractivity contribution is -0.118. The number of carbonyl (C=O) groups excluding carboxylic acids is 1. The number of ether oxygens (including phenoxy) is 1. The van der Waals surface area contributed by atoms with Crippen molar-refractivity contribution in [1.29, 1.82) is 0 Å². The van der Waals surface area contributed by atoms with Crippen LogP contribution in [0.2, 0.25) is 0 Å². The van der Waals surface area contributed by atoms with Crippen molar-refractivity contribution in [3.63, 3.8) is 0 Å². The number of rotatable bonds is 6. The summed E-state index contributed by atoms with van der Waals surface area (Å²) in [5, 5.41) is 2.92. The normalized spacial score (nSPS) is 12.9. The van der Waals surface area contributed by atoms with Crippen LogP contribution in [0.1, 0.15) is 29.3 Å². The molecule has 0 bridgehead atoms. The number of anilines is 2. The third kappa shape index (κ3) is 4.59. The van der Waals surface area contributed by atoms with E-state index in [2.05, 4.69) is 51.4 Å². The van der Waals surface area contributed by atoms with Crippen LogP contribution in [0, 0.1) is 6.92 Å². The van der Waals surface area contributed by atoms with Gasteiger partial charge in [-0.15, -0.1) is 0 Å². The quantitative estimate of drug-likeness (QED) is 0.677. The van der Waals surface area contributed by atoms with E-state index in [9.17, 15) is 4.79 Å². The number of aromatic nitrogens is 2. The molecule has 2 aromatic carbocycles. The van der Waals surface area contributed by atoms with Crippen LogP contribution in [0.5, 0.6) is 5.88 Å². The van der Waals surface area contributed by atoms with Gasteiger partial charge in [-0.1, -0.05) is 49.4 Å². The van der Waals surface area contributed by atoms with E-state index in [4.69, 9.17) is 4.74 Å². The summed E-state index contributed by atoms with van der Waals surface area (Å²) in [6, 6.07) is 18.0. The SMILES string of the molecule is CCc1ccccc1NC(=O)COc1cc(C)nc(N2CCc3ccccc3C2)n1. The van der Waals surface area contributed by atoms with E-state index < -0.39 is 0 Å². The summed E-state index contributed by atoms with van der Waals surface area (Å²) in [5.41, 5.74) is 5.40. The molecule has 0 radical (unpaired) electrons. The Morgan fingerprint density at radius 1 is 1.10 bits per heavy atom. The number of amides is 1. The molecule has 6 nitrogen and oxygen atoms in total. The molecular formula is C24H26N4O2. The maximum absolute atomic E-state index is 12.4. The number of nitrogens with one attached hydrogen (secondary N) is 1. The highest BCUT2D eigenvalue weighted by molar-refractivity contribution is 5.92. The molecule has 1 N–H and O–H groups in total. The highest BCUT2D eigenvalue weighted by atomic mass is 16.5. The molecule has 1 aliphatic heterocycles. The van der Waals surface area contributed by atoms with Crippen molar-refractivity contribution >= 4 is 17.5 Å². The number of carbonyl (C=O) groups is 1. The van der Waals surface area contributed by atoms with E-state index in [1.165, 1.54) is 11.1 Å². The number of nitrogens with zero attached hydrogens (tertiary/aromatic N) is 3. The Hall–Kier alpha value is -3.41. The molecule has 1 amide bonds. The lowest BCUT2D eigenvalue weighted by Crippen LogP contribution is -2.32. The van der Waals surface area contributed by atoms with Crippen LogP contribution in [0.3, 0.4) is 0 Å². The molecule has 0 aliphatic carbocycles. The third-order valence-electron chi connectivity index (χ3n) is 5.26. The van der Waals surface area contributed by atoms with Crippen molar-refractivity contribution in [2.75, 3.05) is 23.4 Å². The fraction of sp³-hybridized carbons (Fsp3) is 0.292. The summed E-state index contributed by atoms with van der Waals surface area (Å²) >= 11 is 0. The monoisotopic (exact) mass is 402 g/mol. The second kappa shape index (κ2) is 8.95. The van der Waals surface area contributed by atoms with Gasteiger partial charge in [0.1, 0.15) is 0 Å². The molecule has 1 aromatic heterocycles. The zero-order valence-corrected chi connectivity index (χ0v) is 17.4. The highest BCUT2D eigenvalue weighted by Gasteiger charge is 2.19. The average Bonchev–Trinajstić information content (AvgIpc) is 2.77. The lowest BCUT2D eigenvalue weighted by Gasteiger charge is -2.29. The first-order valence-corrected chi connectivity index (χ1v) is 10.3. The van der Waals surface area contributed by atoms with Crippen molar-refractivity contribution in [3.05, 3.63) is 77.0 Å². The van der Waals surface area contributed by atoms with Gasteiger partial charge in [-0.05, 0) is 42.5 Å². The molecule has 0 spiro atoms. The van der Waals surface area contributed by atoms with E-state index in [-0.39, 0.29) is 12.5 Å². The van der Waals surface area contributed by atoms with Gasteiger partial charge in [0.2, 0.25) is 11.8 Å². The second-order valence-corrected chi connectivity index (χ2v) is 7.44. The Morgan fingerprint density at radius 3 is 2.70 bits per heavy atom. The third-order valence-corrected chi connectivity index (χ3v) is 5.26. The summed E-state index contributed by atoms with van der Waals surface area (Å²) in [5.74, 6) is 0.840. The van der Waals surface area contributed by atoms with Gasteiger partial charge >= 0.3 is 0 Å². The van der Waals surface area contributed by atoms with Gasteiger partial charge in [0.15, 0.2) is 6.61 Å². The minimum atomic E-state index is -0.208. The minimum absolute atomic E-state index is 0.100. The zero-order chi connectivity index (χ0) is 20.9. The van der Waals surface area contributed by atoms with Crippen LogP contribution in [0.4, 0.5) is 11.6 Å². The van der Waals surface area contributed by atoms with Crippen LogP contribution >= 0.6 is 0 Å². The Morgan fingerprint density at radius 2 is 1.87 bits per heavy atom. The Balaban J connectivity index is 1.42. The van der Waals surface area contributed by atoms with Crippen LogP contribution in [0.25, 0.3) is 0 Å². The number of benzene rings is 2. The predicted octanol–water partition coefficient (Wildman–Crippen LogP) is 3.93. The van der Waals surface area contributed by atoms with Crippen molar-refractivity contribution in [1.82, 2.24) is 9.97 Å². The highest BCUT2D eigenvalue weighted by Crippen LogP contribution is 2.24. The number of hydrogen-bond donors (Lipinski definition) is 1. The van der Waals surface area contributed by atoms with Crippen LogP contribution in [0.15, 0.2) is 54.6 Å². The average molecular weight is 402 g/mol. The van der Waals surface area contributed by atoms with Gasteiger partial charge in [0.25, 0.3) is 5.91 Å². The second-order valence-electron chi connectivity index (χ2n) is 7.44. The van der Waals surface area contributed by atoms with Gasteiger partial charge in [-0.3, -0.25) is 4.79 Å². The van der Waals surface area contributed by atoms with Crippen molar-refractivity contribution in [3.8, 4) is 5.88 Å².